The molecule has 0 heterocycles. The van der Waals surface area contributed by atoms with Crippen LogP contribution in [0.3, 0.4) is 0 Å². The number of nitrogens with zero attached hydrogens (tertiary/aromatic N) is 1. The van der Waals surface area contributed by atoms with Gasteiger partial charge in [0, 0.05) is 11.8 Å². The Balaban J connectivity index is 0.00000132. The molecule has 1 atom stereocenters. The molecule has 8 heteroatoms. The molecule has 160 valence electrons. The number of hydrogen-bond donors (Lipinski definition) is 1. The van der Waals surface area contributed by atoms with Gasteiger partial charge >= 0.3 is 35.6 Å². The number of hydrogen-bond acceptors (Lipinski definition) is 2. The van der Waals surface area contributed by atoms with E-state index in [9.17, 15) is 5.11 Å². The Morgan fingerprint density at radius 1 is 0.931 bits per heavy atom. The van der Waals surface area contributed by atoms with E-state index in [2.05, 4.69) is 94.7 Å². The second kappa shape index (κ2) is 11.8. The standard InChI is InChI=1S/C21H34NOPSi2.2ClH.Ti/c1-22(2)15-16-11-9-10-12-18(16)24-19-13-17(25(3,4)5)14-20(21(19)23)26(6,7)8;;;/h9-14,23-24H,15H2,1-8H3;2*1H;/q;;;+2/p-2. The summed E-state index contributed by atoms with van der Waals surface area (Å²) < 4.78 is 0. The van der Waals surface area contributed by atoms with Crippen molar-refractivity contribution in [1.29, 1.82) is 0 Å². The van der Waals surface area contributed by atoms with Crippen molar-refractivity contribution in [3.63, 3.8) is 0 Å². The first-order valence-corrected chi connectivity index (χ1v) is 21.9. The van der Waals surface area contributed by atoms with Crippen LogP contribution in [0.25, 0.3) is 0 Å². The predicted molar refractivity (Wildman–Crippen MR) is 137 cm³/mol. The van der Waals surface area contributed by atoms with Gasteiger partial charge in [-0.05, 0) is 30.2 Å². The average molecular weight is 522 g/mol. The van der Waals surface area contributed by atoms with Crippen LogP contribution < -0.4 is 21.0 Å². The summed E-state index contributed by atoms with van der Waals surface area (Å²) in [7, 11) is 11.4. The molecule has 0 aliphatic heterocycles. The maximum atomic E-state index is 11.1. The van der Waals surface area contributed by atoms with Crippen molar-refractivity contribution in [2.75, 3.05) is 14.1 Å². The van der Waals surface area contributed by atoms with Crippen LogP contribution in [-0.4, -0.2) is 40.2 Å². The first kappa shape index (κ1) is 27.4. The van der Waals surface area contributed by atoms with Crippen molar-refractivity contribution < 1.29 is 22.1 Å². The molecule has 0 aromatic heterocycles. The van der Waals surface area contributed by atoms with Gasteiger partial charge in [0.2, 0.25) is 0 Å². The summed E-state index contributed by atoms with van der Waals surface area (Å²) in [6.45, 7) is 15.1. The summed E-state index contributed by atoms with van der Waals surface area (Å²) in [6, 6.07) is 13.2. The summed E-state index contributed by atoms with van der Waals surface area (Å²) in [5.74, 6) is 0.546. The molecule has 2 nitrogen and oxygen atoms in total. The first-order valence-electron chi connectivity index (χ1n) is 9.65. The van der Waals surface area contributed by atoms with Gasteiger partial charge in [-0.15, -0.1) is 0 Å². The maximum absolute atomic E-state index is 11.1. The van der Waals surface area contributed by atoms with Crippen molar-refractivity contribution in [3.8, 4) is 5.75 Å². The van der Waals surface area contributed by atoms with Crippen LogP contribution in [0.4, 0.5) is 0 Å². The molecule has 2 aromatic carbocycles. The Morgan fingerprint density at radius 3 is 1.97 bits per heavy atom. The van der Waals surface area contributed by atoms with Crippen molar-refractivity contribution in [2.24, 2.45) is 0 Å². The molecule has 0 saturated heterocycles. The van der Waals surface area contributed by atoms with Gasteiger partial charge in [0.25, 0.3) is 0 Å². The number of rotatable bonds is 6. The van der Waals surface area contributed by atoms with Crippen LogP contribution in [-0.2, 0) is 23.6 Å². The van der Waals surface area contributed by atoms with Crippen molar-refractivity contribution in [2.45, 2.75) is 45.8 Å². The van der Waals surface area contributed by atoms with Gasteiger partial charge in [0.05, 0.1) is 16.1 Å². The summed E-state index contributed by atoms with van der Waals surface area (Å²) in [4.78, 5) is 2.20. The van der Waals surface area contributed by atoms with Crippen LogP contribution in [0.5, 0.6) is 5.75 Å². The number of halogens is 2. The number of aromatic hydroxyl groups is 1. The third kappa shape index (κ3) is 8.78. The number of benzene rings is 2. The molecule has 0 amide bonds. The predicted octanol–water partition coefficient (Wildman–Crippen LogP) is 4.55. The summed E-state index contributed by atoms with van der Waals surface area (Å²) in [6.07, 6.45) is 0. The fourth-order valence-corrected chi connectivity index (χ4v) is 7.28. The van der Waals surface area contributed by atoms with E-state index in [1.165, 1.54) is 21.2 Å². The molecular weight excluding hydrogens is 488 g/mol. The Hall–Kier alpha value is 0.358. The molecule has 0 saturated carbocycles. The molecular formula is C21H34Cl2NOPSi2Ti. The van der Waals surface area contributed by atoms with Gasteiger partial charge in [0.15, 0.2) is 0 Å². The monoisotopic (exact) mass is 521 g/mol. The van der Waals surface area contributed by atoms with E-state index in [0.29, 0.717) is 14.3 Å². The summed E-state index contributed by atoms with van der Waals surface area (Å²) >= 11 is -0.556. The molecule has 2 aromatic rings. The van der Waals surface area contributed by atoms with Crippen LogP contribution in [0.15, 0.2) is 36.4 Å². The van der Waals surface area contributed by atoms with Gasteiger partial charge in [0.1, 0.15) is 5.75 Å². The van der Waals surface area contributed by atoms with Gasteiger partial charge in [-0.3, -0.25) is 0 Å². The van der Waals surface area contributed by atoms with E-state index in [1.807, 2.05) is 0 Å². The van der Waals surface area contributed by atoms with E-state index in [4.69, 9.17) is 18.6 Å². The molecule has 1 unspecified atom stereocenters. The molecule has 29 heavy (non-hydrogen) atoms. The molecule has 0 aliphatic carbocycles. The zero-order chi connectivity index (χ0) is 22.4. The normalized spacial score (nSPS) is 12.2. The van der Waals surface area contributed by atoms with E-state index in [1.54, 1.807) is 0 Å². The molecule has 1 N–H and O–H groups in total. The van der Waals surface area contributed by atoms with Crippen molar-refractivity contribution in [1.82, 2.24) is 4.90 Å². The molecule has 0 bridgehead atoms. The minimum absolute atomic E-state index is 0.493. The summed E-state index contributed by atoms with van der Waals surface area (Å²) in [5.41, 5.74) is 1.35. The Labute approximate surface area is 197 Å². The van der Waals surface area contributed by atoms with Gasteiger partial charge in [-0.2, -0.15) is 0 Å². The van der Waals surface area contributed by atoms with Gasteiger partial charge < -0.3 is 10.0 Å². The Bertz CT molecular complexity index is 808. The fraction of sp³-hybridized carbons (Fsp3) is 0.429. The second-order valence-corrected chi connectivity index (χ2v) is 23.5. The van der Waals surface area contributed by atoms with E-state index < -0.39 is 33.2 Å². The summed E-state index contributed by atoms with van der Waals surface area (Å²) in [5, 5.41) is 16.2. The zero-order valence-corrected chi connectivity index (χ0v) is 24.9. The molecule has 0 radical (unpaired) electrons. The number of phenols is 1. The third-order valence-electron chi connectivity index (χ3n) is 4.56. The Kier molecular flexibility index (Phi) is 11.2. The molecule has 0 fully saturated rings. The van der Waals surface area contributed by atoms with Crippen LogP contribution in [0, 0.1) is 0 Å². The molecule has 2 rings (SSSR count). The van der Waals surface area contributed by atoms with Crippen LogP contribution >= 0.6 is 27.2 Å². The van der Waals surface area contributed by atoms with Crippen molar-refractivity contribution in [3.05, 3.63) is 42.0 Å². The van der Waals surface area contributed by atoms with Crippen LogP contribution in [0.1, 0.15) is 5.56 Å². The van der Waals surface area contributed by atoms with E-state index >= 15 is 0 Å². The average Bonchev–Trinajstić information content (AvgIpc) is 2.56. The SMILES string of the molecule is CN(C)Cc1ccccc1Pc1cc([Si](C)(C)C)cc([Si](C)(C)C)c1O.[Cl][Ti][Cl]. The van der Waals surface area contributed by atoms with E-state index in [0.717, 1.165) is 11.8 Å². The van der Waals surface area contributed by atoms with Gasteiger partial charge in [-0.25, -0.2) is 0 Å². The number of phenolic OH excluding ortho intramolecular Hbond substituents is 1. The topological polar surface area (TPSA) is 23.5 Å². The Morgan fingerprint density at radius 2 is 1.48 bits per heavy atom. The third-order valence-corrected chi connectivity index (χ3v) is 9.98. The zero-order valence-electron chi connectivity index (χ0n) is 18.8. The minimum atomic E-state index is -1.61. The van der Waals surface area contributed by atoms with E-state index in [-0.39, 0.29) is 0 Å². The first-order chi connectivity index (χ1) is 13.3. The van der Waals surface area contributed by atoms with Gasteiger partial charge in [-0.1, -0.05) is 89.4 Å². The fourth-order valence-electron chi connectivity index (χ4n) is 3.00. The second-order valence-electron chi connectivity index (χ2n) is 9.51. The molecule has 0 aliphatic rings. The van der Waals surface area contributed by atoms with Crippen molar-refractivity contribution >= 4 is 64.3 Å². The molecule has 0 spiro atoms. The van der Waals surface area contributed by atoms with Crippen LogP contribution in [0.2, 0.25) is 39.3 Å². The quantitative estimate of drug-likeness (QED) is 0.445.